The van der Waals surface area contributed by atoms with Gasteiger partial charge < -0.3 is 9.64 Å². The third-order valence-corrected chi connectivity index (χ3v) is 8.50. The molecule has 0 radical (unpaired) electrons. The zero-order chi connectivity index (χ0) is 21.4. The van der Waals surface area contributed by atoms with Crippen LogP contribution < -0.4 is 4.74 Å². The van der Waals surface area contributed by atoms with Crippen molar-refractivity contribution in [3.63, 3.8) is 0 Å². The van der Waals surface area contributed by atoms with Crippen LogP contribution in [-0.2, 0) is 21.4 Å². The van der Waals surface area contributed by atoms with Gasteiger partial charge in [0, 0.05) is 32.5 Å². The fourth-order valence-corrected chi connectivity index (χ4v) is 6.46. The minimum atomic E-state index is -3.75. The number of rotatable bonds is 4. The third kappa shape index (κ3) is 4.21. The zero-order valence-electron chi connectivity index (χ0n) is 17.5. The van der Waals surface area contributed by atoms with E-state index in [1.807, 2.05) is 35.2 Å². The van der Waals surface area contributed by atoms with Crippen molar-refractivity contribution in [2.45, 2.75) is 55.7 Å². The average molecular weight is 441 g/mol. The summed E-state index contributed by atoms with van der Waals surface area (Å²) in [5, 5.41) is 0. The van der Waals surface area contributed by atoms with E-state index in [2.05, 4.69) is 0 Å². The molecule has 0 bridgehead atoms. The van der Waals surface area contributed by atoms with Gasteiger partial charge in [-0.2, -0.15) is 4.31 Å². The average Bonchev–Trinajstić information content (AvgIpc) is 3.60. The van der Waals surface area contributed by atoms with Gasteiger partial charge in [0.15, 0.2) is 0 Å². The van der Waals surface area contributed by atoms with Gasteiger partial charge in [-0.1, -0.05) is 42.5 Å². The smallest absolute Gasteiger partial charge is 0.247 e. The quantitative estimate of drug-likeness (QED) is 0.731. The molecule has 5 rings (SSSR count). The molecule has 0 N–H and O–H groups in total. The first-order valence-corrected chi connectivity index (χ1v) is 12.6. The second-order valence-electron chi connectivity index (χ2n) is 8.81. The molecular weight excluding hydrogens is 412 g/mol. The van der Waals surface area contributed by atoms with Crippen LogP contribution in [0.1, 0.15) is 37.7 Å². The molecule has 1 saturated carbocycles. The fourth-order valence-electron chi connectivity index (χ4n) is 4.67. The lowest BCUT2D eigenvalue weighted by Gasteiger charge is -2.31. The number of likely N-dealkylation sites (tertiary alicyclic amines) is 1. The van der Waals surface area contributed by atoms with E-state index in [4.69, 9.17) is 4.74 Å². The number of carbonyl (C=O) groups excluding carboxylic acids is 1. The van der Waals surface area contributed by atoms with Gasteiger partial charge in [0.25, 0.3) is 0 Å². The molecule has 2 aliphatic heterocycles. The Bertz CT molecular complexity index is 1050. The van der Waals surface area contributed by atoms with Crippen molar-refractivity contribution in [3.8, 4) is 5.75 Å². The van der Waals surface area contributed by atoms with Crippen molar-refractivity contribution < 1.29 is 17.9 Å². The minimum absolute atomic E-state index is 0.192. The Morgan fingerprint density at radius 3 is 2.42 bits per heavy atom. The monoisotopic (exact) mass is 440 g/mol. The van der Waals surface area contributed by atoms with Crippen LogP contribution in [0.3, 0.4) is 0 Å². The molecule has 3 aliphatic rings. The molecule has 0 unspecified atom stereocenters. The first-order valence-electron chi connectivity index (χ1n) is 11.1. The first-order chi connectivity index (χ1) is 15.0. The van der Waals surface area contributed by atoms with Crippen LogP contribution in [0.5, 0.6) is 5.75 Å². The van der Waals surface area contributed by atoms with Crippen LogP contribution in [-0.4, -0.2) is 48.8 Å². The number of hydrogen-bond acceptors (Lipinski definition) is 4. The van der Waals surface area contributed by atoms with Crippen molar-refractivity contribution in [3.05, 3.63) is 60.2 Å². The van der Waals surface area contributed by atoms with E-state index in [0.717, 1.165) is 18.4 Å². The molecule has 6 nitrogen and oxygen atoms in total. The number of nitrogens with zero attached hydrogens (tertiary/aromatic N) is 2. The molecule has 2 aromatic carbocycles. The Hall–Kier alpha value is -2.38. The highest BCUT2D eigenvalue weighted by Crippen LogP contribution is 2.38. The highest BCUT2D eigenvalue weighted by atomic mass is 32.2. The van der Waals surface area contributed by atoms with E-state index in [9.17, 15) is 13.2 Å². The lowest BCUT2D eigenvalue weighted by atomic mass is 10.1. The van der Waals surface area contributed by atoms with E-state index in [1.165, 1.54) is 0 Å². The number of para-hydroxylation sites is 1. The Kier molecular flexibility index (Phi) is 5.48. The summed E-state index contributed by atoms with van der Waals surface area (Å²) in [6.07, 6.45) is 3.81. The molecule has 0 aromatic heterocycles. The number of sulfonamides is 1. The molecule has 2 heterocycles. The van der Waals surface area contributed by atoms with Crippen LogP contribution in [0.4, 0.5) is 0 Å². The summed E-state index contributed by atoms with van der Waals surface area (Å²) in [6, 6.07) is 16.2. The summed E-state index contributed by atoms with van der Waals surface area (Å²) >= 11 is 0. The van der Waals surface area contributed by atoms with Crippen LogP contribution in [0.15, 0.2) is 59.5 Å². The van der Waals surface area contributed by atoms with Crippen molar-refractivity contribution in [1.82, 2.24) is 9.21 Å². The van der Waals surface area contributed by atoms with Crippen LogP contribution in [0, 0.1) is 5.92 Å². The van der Waals surface area contributed by atoms with E-state index in [0.29, 0.717) is 44.0 Å². The standard InChI is InChI=1S/C24H28N2O4S/c27-24(16-18-10-11-18)25-14-12-20-21(13-15-25)30-22-8-4-5-9-23(22)31(28,29)26(20)17-19-6-2-1-3-7-19/h1-9,18,20-21H,10-17H2/t20-,21-/m0/s1. The van der Waals surface area contributed by atoms with Crippen LogP contribution in [0.2, 0.25) is 0 Å². The predicted molar refractivity (Wildman–Crippen MR) is 117 cm³/mol. The maximum absolute atomic E-state index is 13.7. The molecule has 2 aromatic rings. The van der Waals surface area contributed by atoms with E-state index < -0.39 is 10.0 Å². The number of fused-ring (bicyclic) bond motifs is 2. The molecule has 2 atom stereocenters. The first kappa shape index (κ1) is 20.5. The highest BCUT2D eigenvalue weighted by Gasteiger charge is 2.43. The molecule has 2 fully saturated rings. The van der Waals surface area contributed by atoms with Crippen LogP contribution in [0.25, 0.3) is 0 Å². The molecule has 31 heavy (non-hydrogen) atoms. The van der Waals surface area contributed by atoms with Gasteiger partial charge in [0.1, 0.15) is 16.7 Å². The van der Waals surface area contributed by atoms with Gasteiger partial charge in [-0.3, -0.25) is 4.79 Å². The van der Waals surface area contributed by atoms with Crippen molar-refractivity contribution in [1.29, 1.82) is 0 Å². The largest absolute Gasteiger partial charge is 0.487 e. The SMILES string of the molecule is O=C(CC1CC1)N1CC[C@@H]2Oc3ccccc3S(=O)(=O)N(Cc3ccccc3)[C@H]2CC1. The zero-order valence-corrected chi connectivity index (χ0v) is 18.3. The Morgan fingerprint density at radius 1 is 0.935 bits per heavy atom. The van der Waals surface area contributed by atoms with Crippen molar-refractivity contribution in [2.24, 2.45) is 5.92 Å². The molecule has 1 aliphatic carbocycles. The number of benzene rings is 2. The maximum Gasteiger partial charge on any atom is 0.247 e. The van der Waals surface area contributed by atoms with Gasteiger partial charge in [-0.05, 0) is 42.9 Å². The van der Waals surface area contributed by atoms with Gasteiger partial charge in [0.2, 0.25) is 15.9 Å². The lowest BCUT2D eigenvalue weighted by Crippen LogP contribution is -2.46. The normalized spacial score (nSPS) is 25.5. The third-order valence-electron chi connectivity index (χ3n) is 6.59. The maximum atomic E-state index is 13.7. The molecule has 164 valence electrons. The highest BCUT2D eigenvalue weighted by molar-refractivity contribution is 7.89. The van der Waals surface area contributed by atoms with Gasteiger partial charge in [-0.15, -0.1) is 0 Å². The number of amides is 1. The Morgan fingerprint density at radius 2 is 1.65 bits per heavy atom. The number of ether oxygens (including phenoxy) is 1. The van der Waals surface area contributed by atoms with Crippen molar-refractivity contribution >= 4 is 15.9 Å². The molecular formula is C24H28N2O4S. The van der Waals surface area contributed by atoms with E-state index >= 15 is 0 Å². The summed E-state index contributed by atoms with van der Waals surface area (Å²) in [5.41, 5.74) is 0.940. The topological polar surface area (TPSA) is 66.9 Å². The van der Waals surface area contributed by atoms with Gasteiger partial charge in [0.05, 0.1) is 6.04 Å². The Labute approximate surface area is 183 Å². The Balaban J connectivity index is 1.48. The van der Waals surface area contributed by atoms with Crippen LogP contribution >= 0.6 is 0 Å². The lowest BCUT2D eigenvalue weighted by molar-refractivity contribution is -0.131. The minimum Gasteiger partial charge on any atom is -0.487 e. The van der Waals surface area contributed by atoms with Gasteiger partial charge >= 0.3 is 0 Å². The van der Waals surface area contributed by atoms with Crippen molar-refractivity contribution in [2.75, 3.05) is 13.1 Å². The number of hydrogen-bond donors (Lipinski definition) is 0. The van der Waals surface area contributed by atoms with E-state index in [-0.39, 0.29) is 29.5 Å². The van der Waals surface area contributed by atoms with E-state index in [1.54, 1.807) is 28.6 Å². The second-order valence-corrected chi connectivity index (χ2v) is 10.7. The number of carbonyl (C=O) groups is 1. The summed E-state index contributed by atoms with van der Waals surface area (Å²) in [7, 11) is -3.75. The molecule has 7 heteroatoms. The predicted octanol–water partition coefficient (Wildman–Crippen LogP) is 3.43. The summed E-state index contributed by atoms with van der Waals surface area (Å²) in [4.78, 5) is 14.9. The molecule has 1 saturated heterocycles. The van der Waals surface area contributed by atoms with Gasteiger partial charge in [-0.25, -0.2) is 8.42 Å². The summed E-state index contributed by atoms with van der Waals surface area (Å²) < 4.78 is 35.4. The fraction of sp³-hybridized carbons (Fsp3) is 0.458. The summed E-state index contributed by atoms with van der Waals surface area (Å²) in [5.74, 6) is 1.14. The summed E-state index contributed by atoms with van der Waals surface area (Å²) in [6.45, 7) is 1.46. The molecule has 0 spiro atoms. The second kappa shape index (κ2) is 8.28. The molecule has 1 amide bonds.